The Bertz CT molecular complexity index is 905. The van der Waals surface area contributed by atoms with E-state index in [0.717, 1.165) is 67.4 Å². The molecule has 6 nitrogen and oxygen atoms in total. The van der Waals surface area contributed by atoms with Crippen LogP contribution in [0.25, 0.3) is 0 Å². The summed E-state index contributed by atoms with van der Waals surface area (Å²) in [6.45, 7) is 3.11. The van der Waals surface area contributed by atoms with E-state index in [9.17, 15) is 9.18 Å². The minimum Gasteiger partial charge on any atom is -0.453 e. The fraction of sp³-hybridized carbons (Fsp3) is 0.478. The summed E-state index contributed by atoms with van der Waals surface area (Å²) in [6, 6.07) is 11.2. The van der Waals surface area contributed by atoms with Crippen LogP contribution in [-0.2, 0) is 23.8 Å². The molecule has 0 saturated carbocycles. The van der Waals surface area contributed by atoms with Gasteiger partial charge >= 0.3 is 6.09 Å². The van der Waals surface area contributed by atoms with Crippen LogP contribution in [0, 0.1) is 5.82 Å². The molecule has 1 unspecified atom stereocenters. The first-order chi connectivity index (χ1) is 15.1. The molecule has 2 saturated heterocycles. The van der Waals surface area contributed by atoms with Gasteiger partial charge in [0.2, 0.25) is 0 Å². The number of halogens is 1. The second kappa shape index (κ2) is 9.77. The zero-order valence-corrected chi connectivity index (χ0v) is 18.8. The minimum absolute atomic E-state index is 0.183. The van der Waals surface area contributed by atoms with Crippen LogP contribution in [0.5, 0.6) is 0 Å². The second-order valence-electron chi connectivity index (χ2n) is 8.26. The first-order valence-electron chi connectivity index (χ1n) is 10.8. The van der Waals surface area contributed by atoms with Crippen LogP contribution in [0.1, 0.15) is 30.0 Å². The third kappa shape index (κ3) is 5.23. The number of methoxy groups -OCH3 is 1. The van der Waals surface area contributed by atoms with Gasteiger partial charge in [-0.3, -0.25) is 0 Å². The van der Waals surface area contributed by atoms with Crippen molar-refractivity contribution in [3.8, 4) is 0 Å². The van der Waals surface area contributed by atoms with Gasteiger partial charge in [-0.05, 0) is 49.2 Å². The number of ether oxygens (including phenoxy) is 1. The molecule has 2 fully saturated rings. The number of carbonyl (C=O) groups is 1. The largest absolute Gasteiger partial charge is 0.453 e. The van der Waals surface area contributed by atoms with Crippen molar-refractivity contribution in [1.29, 1.82) is 0 Å². The number of nitrogens with zero attached hydrogens (tertiary/aromatic N) is 3. The summed E-state index contributed by atoms with van der Waals surface area (Å²) in [5, 5.41) is 3.61. The fourth-order valence-corrected chi connectivity index (χ4v) is 4.57. The van der Waals surface area contributed by atoms with Crippen molar-refractivity contribution < 1.29 is 13.9 Å². The SMILES string of the molecule is COC(=O)N1CCCC(Nc2cc(CC[SH2+])nc(N3CC(c4ccc(F)cc4)C3)c2)C1. The van der Waals surface area contributed by atoms with E-state index < -0.39 is 0 Å². The van der Waals surface area contributed by atoms with E-state index in [1.165, 1.54) is 19.2 Å². The number of benzene rings is 1. The van der Waals surface area contributed by atoms with Gasteiger partial charge in [0, 0.05) is 62.0 Å². The van der Waals surface area contributed by atoms with Crippen LogP contribution < -0.4 is 10.2 Å². The molecular formula is C23H30FN4O2S+. The second-order valence-corrected chi connectivity index (χ2v) is 8.76. The molecule has 166 valence electrons. The summed E-state index contributed by atoms with van der Waals surface area (Å²) in [7, 11) is 1.42. The Morgan fingerprint density at radius 3 is 2.74 bits per heavy atom. The van der Waals surface area contributed by atoms with E-state index in [1.807, 2.05) is 12.1 Å². The highest BCUT2D eigenvalue weighted by Gasteiger charge is 2.30. The Morgan fingerprint density at radius 1 is 1.26 bits per heavy atom. The molecular weight excluding hydrogens is 415 g/mol. The van der Waals surface area contributed by atoms with E-state index in [4.69, 9.17) is 9.72 Å². The van der Waals surface area contributed by atoms with E-state index in [-0.39, 0.29) is 18.0 Å². The molecule has 2 aliphatic rings. The zero-order chi connectivity index (χ0) is 21.8. The van der Waals surface area contributed by atoms with Gasteiger partial charge in [-0.25, -0.2) is 14.2 Å². The lowest BCUT2D eigenvalue weighted by molar-refractivity contribution is 0.113. The molecule has 0 bridgehead atoms. The van der Waals surface area contributed by atoms with E-state index in [2.05, 4.69) is 35.0 Å². The predicted octanol–water partition coefficient (Wildman–Crippen LogP) is 3.02. The van der Waals surface area contributed by atoms with Crippen LogP contribution in [-0.4, -0.2) is 61.1 Å². The molecule has 1 N–H and O–H groups in total. The molecule has 2 aliphatic heterocycles. The Hall–Kier alpha value is -2.48. The number of hydrogen-bond donors (Lipinski definition) is 1. The van der Waals surface area contributed by atoms with Gasteiger partial charge in [-0.2, -0.15) is 0 Å². The Balaban J connectivity index is 1.44. The molecule has 0 radical (unpaired) electrons. The van der Waals surface area contributed by atoms with Crippen LogP contribution in [0.15, 0.2) is 36.4 Å². The molecule has 31 heavy (non-hydrogen) atoms. The van der Waals surface area contributed by atoms with Gasteiger partial charge in [0.1, 0.15) is 17.4 Å². The quantitative estimate of drug-likeness (QED) is 0.693. The number of carbonyl (C=O) groups excluding carboxylic acids is 1. The lowest BCUT2D eigenvalue weighted by Gasteiger charge is -2.41. The summed E-state index contributed by atoms with van der Waals surface area (Å²) >= 11 is 3.57. The summed E-state index contributed by atoms with van der Waals surface area (Å²) in [6.07, 6.45) is 2.53. The minimum atomic E-state index is -0.269. The topological polar surface area (TPSA) is 57.7 Å². The highest BCUT2D eigenvalue weighted by Crippen LogP contribution is 2.32. The predicted molar refractivity (Wildman–Crippen MR) is 125 cm³/mol. The number of amides is 1. The number of aryl methyl sites for hydroxylation is 1. The standard InChI is InChI=1S/C23H29FN4O2S/c1-30-23(29)27-9-2-3-20(15-27)25-21-11-19(8-10-31)26-22(12-21)28-13-17(14-28)16-4-6-18(24)7-5-16/h4-7,11-12,17,20,31H,2-3,8-10,13-15H2,1H3,(H,25,26)/p+1. The molecule has 1 aromatic heterocycles. The van der Waals surface area contributed by atoms with Crippen molar-refractivity contribution >= 4 is 30.2 Å². The van der Waals surface area contributed by atoms with E-state index in [1.54, 1.807) is 4.90 Å². The molecule has 3 heterocycles. The van der Waals surface area contributed by atoms with Gasteiger partial charge in [-0.15, -0.1) is 0 Å². The molecule has 2 aromatic rings. The highest BCUT2D eigenvalue weighted by molar-refractivity contribution is 7.58. The van der Waals surface area contributed by atoms with Crippen molar-refractivity contribution in [3.63, 3.8) is 0 Å². The van der Waals surface area contributed by atoms with Crippen molar-refractivity contribution in [2.24, 2.45) is 0 Å². The maximum Gasteiger partial charge on any atom is 0.409 e. The molecule has 4 rings (SSSR count). The highest BCUT2D eigenvalue weighted by atomic mass is 32.1. The average Bonchev–Trinajstić information content (AvgIpc) is 2.74. The molecule has 1 atom stereocenters. The van der Waals surface area contributed by atoms with Crippen molar-refractivity contribution in [2.45, 2.75) is 31.2 Å². The normalized spacial score (nSPS) is 19.1. The van der Waals surface area contributed by atoms with Gasteiger partial charge in [0.25, 0.3) is 0 Å². The van der Waals surface area contributed by atoms with Crippen LogP contribution in [0.3, 0.4) is 0 Å². The van der Waals surface area contributed by atoms with Gasteiger partial charge in [0.05, 0.1) is 7.11 Å². The molecule has 0 spiro atoms. The maximum absolute atomic E-state index is 13.2. The summed E-state index contributed by atoms with van der Waals surface area (Å²) in [5.41, 5.74) is 3.22. The maximum atomic E-state index is 13.2. The van der Waals surface area contributed by atoms with E-state index in [0.29, 0.717) is 12.5 Å². The number of anilines is 2. The monoisotopic (exact) mass is 445 g/mol. The summed E-state index contributed by atoms with van der Waals surface area (Å²) < 4.78 is 18.1. The van der Waals surface area contributed by atoms with Gasteiger partial charge < -0.3 is 19.9 Å². The number of hydrogen-bond acceptors (Lipinski definition) is 5. The number of rotatable bonds is 6. The molecule has 8 heteroatoms. The summed E-state index contributed by atoms with van der Waals surface area (Å²) in [4.78, 5) is 20.8. The van der Waals surface area contributed by atoms with Crippen molar-refractivity contribution in [1.82, 2.24) is 9.88 Å². The third-order valence-corrected chi connectivity index (χ3v) is 6.27. The Kier molecular flexibility index (Phi) is 6.85. The summed E-state index contributed by atoms with van der Waals surface area (Å²) in [5.74, 6) is 1.99. The molecule has 1 aromatic carbocycles. The first-order valence-corrected chi connectivity index (χ1v) is 11.5. The lowest BCUT2D eigenvalue weighted by atomic mass is 9.91. The third-order valence-electron chi connectivity index (χ3n) is 6.02. The Morgan fingerprint density at radius 2 is 2.03 bits per heavy atom. The van der Waals surface area contributed by atoms with Crippen LogP contribution >= 0.6 is 0 Å². The van der Waals surface area contributed by atoms with Crippen molar-refractivity contribution in [2.75, 3.05) is 49.3 Å². The van der Waals surface area contributed by atoms with Crippen LogP contribution in [0.4, 0.5) is 20.7 Å². The van der Waals surface area contributed by atoms with E-state index >= 15 is 0 Å². The average molecular weight is 446 g/mol. The fourth-order valence-electron chi connectivity index (χ4n) is 4.31. The van der Waals surface area contributed by atoms with Crippen molar-refractivity contribution in [3.05, 3.63) is 53.5 Å². The van der Waals surface area contributed by atoms with Crippen LogP contribution in [0.2, 0.25) is 0 Å². The smallest absolute Gasteiger partial charge is 0.409 e. The number of piperidine rings is 1. The van der Waals surface area contributed by atoms with Gasteiger partial charge in [-0.1, -0.05) is 12.1 Å². The zero-order valence-electron chi connectivity index (χ0n) is 17.8. The number of likely N-dealkylation sites (tertiary alicyclic amines) is 1. The number of nitrogens with one attached hydrogen (secondary N) is 1. The lowest BCUT2D eigenvalue weighted by Crippen LogP contribution is -2.46. The molecule has 0 aliphatic carbocycles. The number of aromatic nitrogens is 1. The molecule has 1 amide bonds. The number of pyridine rings is 1. The van der Waals surface area contributed by atoms with Gasteiger partial charge in [0.15, 0.2) is 0 Å². The Labute approximate surface area is 188 Å². The first kappa shape index (κ1) is 21.7.